The molecule has 3 aromatic heterocycles. The molecule has 0 radical (unpaired) electrons. The summed E-state index contributed by atoms with van der Waals surface area (Å²) in [6.45, 7) is 1.73. The molecule has 1 atom stereocenters. The Kier molecular flexibility index (Phi) is 5.24. The standard InChI is InChI=1S/C22H18FN7O4/c1-13(31)26-7-16-11-29(22(32)34-16)15-2-3-20(17(23)6-15)28-9-14-10-30(33)21(27-19(14)12-28)18-8-24-4-5-25-18/h2-6,8-10,12,16H,7,11H2,1H3,(H,26,31)/t16-/m0/s1. The lowest BCUT2D eigenvalue weighted by molar-refractivity contribution is -0.595. The van der Waals surface area contributed by atoms with Gasteiger partial charge in [-0.25, -0.2) is 18.9 Å². The summed E-state index contributed by atoms with van der Waals surface area (Å²) in [6.07, 6.45) is 7.76. The smallest absolute Gasteiger partial charge is 0.414 e. The minimum Gasteiger partial charge on any atom is -0.710 e. The number of halogens is 1. The number of carbonyl (C=O) groups excluding carboxylic acids is 2. The lowest BCUT2D eigenvalue weighted by atomic mass is 10.2. The van der Waals surface area contributed by atoms with Crippen LogP contribution >= 0.6 is 0 Å². The van der Waals surface area contributed by atoms with Crippen LogP contribution in [-0.2, 0) is 9.53 Å². The van der Waals surface area contributed by atoms with Crippen molar-refractivity contribution < 1.29 is 23.4 Å². The first-order valence-electron chi connectivity index (χ1n) is 10.3. The molecule has 5 rings (SSSR count). The Morgan fingerprint density at radius 1 is 1.35 bits per heavy atom. The van der Waals surface area contributed by atoms with E-state index < -0.39 is 18.0 Å². The maximum Gasteiger partial charge on any atom is 0.414 e. The number of nitrogens with one attached hydrogen (secondary N) is 1. The number of ether oxygens (including phenoxy) is 1. The Morgan fingerprint density at radius 2 is 2.21 bits per heavy atom. The van der Waals surface area contributed by atoms with Gasteiger partial charge >= 0.3 is 11.9 Å². The van der Waals surface area contributed by atoms with Crippen LogP contribution in [0.25, 0.3) is 28.1 Å². The molecule has 4 heterocycles. The summed E-state index contributed by atoms with van der Waals surface area (Å²) in [5, 5.41) is 15.5. The largest absolute Gasteiger partial charge is 0.710 e. The average molecular weight is 463 g/mol. The number of nitrogens with zero attached hydrogens (tertiary/aromatic N) is 6. The van der Waals surface area contributed by atoms with Crippen molar-refractivity contribution in [1.29, 1.82) is 0 Å². The van der Waals surface area contributed by atoms with Gasteiger partial charge in [0.15, 0.2) is 5.69 Å². The monoisotopic (exact) mass is 463 g/mol. The lowest BCUT2D eigenvalue weighted by Crippen LogP contribution is -2.33. The average Bonchev–Trinajstić information content (AvgIpc) is 3.40. The van der Waals surface area contributed by atoms with E-state index in [-0.39, 0.29) is 30.5 Å². The highest BCUT2D eigenvalue weighted by atomic mass is 19.1. The molecule has 4 aromatic rings. The van der Waals surface area contributed by atoms with Crippen molar-refractivity contribution >= 4 is 28.6 Å². The summed E-state index contributed by atoms with van der Waals surface area (Å²) in [7, 11) is 0. The summed E-state index contributed by atoms with van der Waals surface area (Å²) >= 11 is 0. The Morgan fingerprint density at radius 3 is 2.94 bits per heavy atom. The van der Waals surface area contributed by atoms with E-state index in [1.165, 1.54) is 53.3 Å². The fourth-order valence-corrected chi connectivity index (χ4v) is 3.70. The van der Waals surface area contributed by atoms with Gasteiger partial charge in [-0.05, 0) is 23.2 Å². The third kappa shape index (κ3) is 3.96. The van der Waals surface area contributed by atoms with Crippen molar-refractivity contribution in [1.82, 2.24) is 24.8 Å². The zero-order valence-electron chi connectivity index (χ0n) is 17.9. The van der Waals surface area contributed by atoms with Crippen LogP contribution in [0, 0.1) is 11.0 Å². The molecular formula is C22H18FN7O4. The predicted octanol–water partition coefficient (Wildman–Crippen LogP) is 1.72. The van der Waals surface area contributed by atoms with E-state index in [1.807, 2.05) is 0 Å². The van der Waals surface area contributed by atoms with E-state index in [0.29, 0.717) is 27.0 Å². The van der Waals surface area contributed by atoms with Crippen molar-refractivity contribution in [2.75, 3.05) is 18.0 Å². The van der Waals surface area contributed by atoms with E-state index in [2.05, 4.69) is 20.3 Å². The van der Waals surface area contributed by atoms with Crippen molar-refractivity contribution in [3.63, 3.8) is 0 Å². The number of amides is 2. The SMILES string of the molecule is CC(=O)NC[C@H]1CN(c2ccc(-n3cc4c[n+]([O-])c(-c5cnccn5)nc4c3)c(F)c2)C(=O)O1. The molecule has 0 spiro atoms. The van der Waals surface area contributed by atoms with Gasteiger partial charge in [0.2, 0.25) is 11.4 Å². The van der Waals surface area contributed by atoms with Crippen LogP contribution in [0.4, 0.5) is 14.9 Å². The van der Waals surface area contributed by atoms with Gasteiger partial charge in [-0.1, -0.05) is 0 Å². The molecule has 1 N–H and O–H groups in total. The Labute approximate surface area is 192 Å². The third-order valence-corrected chi connectivity index (χ3v) is 5.29. The van der Waals surface area contributed by atoms with Gasteiger partial charge in [0.05, 0.1) is 42.2 Å². The maximum atomic E-state index is 15.1. The van der Waals surface area contributed by atoms with Crippen LogP contribution in [-0.4, -0.2) is 50.7 Å². The summed E-state index contributed by atoms with van der Waals surface area (Å²) in [4.78, 5) is 37.0. The van der Waals surface area contributed by atoms with Crippen LogP contribution in [0.15, 0.2) is 55.4 Å². The zero-order valence-corrected chi connectivity index (χ0v) is 17.9. The minimum absolute atomic E-state index is 0.0792. The van der Waals surface area contributed by atoms with Gasteiger partial charge in [-0.3, -0.25) is 14.7 Å². The van der Waals surface area contributed by atoms with Crippen molar-refractivity contribution in [2.24, 2.45) is 0 Å². The number of carbonyl (C=O) groups is 2. The first-order valence-corrected chi connectivity index (χ1v) is 10.3. The number of anilines is 1. The molecule has 1 aromatic carbocycles. The quantitative estimate of drug-likeness (QED) is 0.352. The minimum atomic E-state index is -0.616. The normalized spacial score (nSPS) is 15.5. The number of aromatic nitrogens is 5. The summed E-state index contributed by atoms with van der Waals surface area (Å²) in [6, 6.07) is 4.35. The van der Waals surface area contributed by atoms with Crippen molar-refractivity contribution in [3.8, 4) is 17.2 Å². The molecule has 172 valence electrons. The van der Waals surface area contributed by atoms with Crippen LogP contribution < -0.4 is 14.9 Å². The highest BCUT2D eigenvalue weighted by Crippen LogP contribution is 2.27. The summed E-state index contributed by atoms with van der Waals surface area (Å²) in [5.74, 6) is -0.736. The van der Waals surface area contributed by atoms with Gasteiger partial charge in [-0.15, -0.1) is 0 Å². The topological polar surface area (TPSA) is 129 Å². The van der Waals surface area contributed by atoms with Gasteiger partial charge in [0.1, 0.15) is 18.1 Å². The van der Waals surface area contributed by atoms with Crippen LogP contribution in [0.1, 0.15) is 6.92 Å². The second-order valence-electron chi connectivity index (χ2n) is 7.68. The van der Waals surface area contributed by atoms with E-state index >= 15 is 4.39 Å². The van der Waals surface area contributed by atoms with Crippen LogP contribution in [0.5, 0.6) is 0 Å². The first-order chi connectivity index (χ1) is 16.4. The van der Waals surface area contributed by atoms with E-state index in [0.717, 1.165) is 0 Å². The van der Waals surface area contributed by atoms with E-state index in [9.17, 15) is 14.8 Å². The van der Waals surface area contributed by atoms with E-state index in [1.54, 1.807) is 18.5 Å². The Hall–Kier alpha value is -4.61. The van der Waals surface area contributed by atoms with E-state index in [4.69, 9.17) is 4.74 Å². The molecule has 2 amide bonds. The molecule has 1 aliphatic heterocycles. The molecule has 12 heteroatoms. The predicted molar refractivity (Wildman–Crippen MR) is 117 cm³/mol. The second kappa shape index (κ2) is 8.39. The summed E-state index contributed by atoms with van der Waals surface area (Å²) < 4.78 is 22.4. The molecule has 0 aliphatic carbocycles. The van der Waals surface area contributed by atoms with Gasteiger partial charge in [0, 0.05) is 25.5 Å². The molecular weight excluding hydrogens is 445 g/mol. The van der Waals surface area contributed by atoms with Gasteiger partial charge in [-0.2, -0.15) is 0 Å². The third-order valence-electron chi connectivity index (χ3n) is 5.29. The number of fused-ring (bicyclic) bond motifs is 1. The molecule has 1 fully saturated rings. The van der Waals surface area contributed by atoms with Crippen molar-refractivity contribution in [3.05, 3.63) is 66.4 Å². The highest BCUT2D eigenvalue weighted by molar-refractivity contribution is 5.90. The zero-order chi connectivity index (χ0) is 23.8. The van der Waals surface area contributed by atoms with Crippen LogP contribution in [0.2, 0.25) is 0 Å². The number of cyclic esters (lactones) is 1. The number of hydrogen-bond acceptors (Lipinski definition) is 7. The molecule has 11 nitrogen and oxygen atoms in total. The Balaban J connectivity index is 1.42. The molecule has 1 aliphatic rings. The fourth-order valence-electron chi connectivity index (χ4n) is 3.70. The molecule has 0 unspecified atom stereocenters. The lowest BCUT2D eigenvalue weighted by Gasteiger charge is -2.14. The molecule has 0 bridgehead atoms. The number of benzene rings is 1. The van der Waals surface area contributed by atoms with Crippen molar-refractivity contribution in [2.45, 2.75) is 13.0 Å². The first kappa shape index (κ1) is 21.2. The highest BCUT2D eigenvalue weighted by Gasteiger charge is 2.32. The summed E-state index contributed by atoms with van der Waals surface area (Å²) in [5.41, 5.74) is 1.33. The van der Waals surface area contributed by atoms with Gasteiger partial charge in [0.25, 0.3) is 0 Å². The number of rotatable bonds is 5. The number of hydrogen-bond donors (Lipinski definition) is 1. The fraction of sp³-hybridized carbons (Fsp3) is 0.182. The molecule has 1 saturated heterocycles. The maximum absolute atomic E-state index is 15.1. The van der Waals surface area contributed by atoms with Gasteiger partial charge < -0.3 is 19.8 Å². The molecule has 0 saturated carbocycles. The second-order valence-corrected chi connectivity index (χ2v) is 7.68. The Bertz CT molecular complexity index is 1410. The van der Waals surface area contributed by atoms with Crippen LogP contribution in [0.3, 0.4) is 0 Å². The molecule has 34 heavy (non-hydrogen) atoms.